The van der Waals surface area contributed by atoms with Gasteiger partial charge in [0.2, 0.25) is 5.91 Å². The molecule has 1 aliphatic rings. The lowest BCUT2D eigenvalue weighted by Gasteiger charge is -2.35. The monoisotopic (exact) mass is 308 g/mol. The van der Waals surface area contributed by atoms with E-state index < -0.39 is 0 Å². The van der Waals surface area contributed by atoms with Gasteiger partial charge in [0.1, 0.15) is 5.76 Å². The topological polar surface area (TPSA) is 52.8 Å². The fraction of sp³-hybridized carbons (Fsp3) is 0.750. The summed E-state index contributed by atoms with van der Waals surface area (Å²) in [7, 11) is 0. The summed E-state index contributed by atoms with van der Waals surface area (Å²) in [5, 5.41) is 4.01. The highest BCUT2D eigenvalue weighted by atomic mass is 16.5. The zero-order valence-electron chi connectivity index (χ0n) is 14.3. The molecule has 0 aromatic carbocycles. The maximum atomic E-state index is 12.2. The fourth-order valence-corrected chi connectivity index (χ4v) is 2.92. The van der Waals surface area contributed by atoms with Crippen LogP contribution in [0.3, 0.4) is 0 Å². The molecule has 0 spiro atoms. The third kappa shape index (κ3) is 4.08. The number of rotatable bonds is 6. The molecule has 6 heteroatoms. The summed E-state index contributed by atoms with van der Waals surface area (Å²) in [6.07, 6.45) is 0. The Morgan fingerprint density at radius 1 is 1.14 bits per heavy atom. The van der Waals surface area contributed by atoms with Crippen LogP contribution in [0.25, 0.3) is 0 Å². The van der Waals surface area contributed by atoms with Crippen LogP contribution in [0, 0.1) is 13.8 Å². The maximum absolute atomic E-state index is 12.2. The number of aromatic nitrogens is 1. The van der Waals surface area contributed by atoms with Gasteiger partial charge in [0.15, 0.2) is 0 Å². The van der Waals surface area contributed by atoms with E-state index >= 15 is 0 Å². The molecule has 0 atom stereocenters. The zero-order valence-corrected chi connectivity index (χ0v) is 14.3. The molecule has 1 aromatic heterocycles. The molecule has 0 radical (unpaired) electrons. The Kier molecular flexibility index (Phi) is 5.97. The smallest absolute Gasteiger partial charge is 0.236 e. The molecule has 0 unspecified atom stereocenters. The number of aryl methyl sites for hydroxylation is 2. The molecule has 2 heterocycles. The number of hydrogen-bond acceptors (Lipinski definition) is 5. The minimum Gasteiger partial charge on any atom is -0.361 e. The molecule has 124 valence electrons. The Hall–Kier alpha value is -1.40. The molecule has 22 heavy (non-hydrogen) atoms. The number of piperazine rings is 1. The van der Waals surface area contributed by atoms with Gasteiger partial charge in [-0.3, -0.25) is 14.6 Å². The first-order valence-electron chi connectivity index (χ1n) is 8.19. The van der Waals surface area contributed by atoms with Crippen molar-refractivity contribution in [3.05, 3.63) is 17.0 Å². The van der Waals surface area contributed by atoms with Crippen LogP contribution in [-0.4, -0.2) is 71.6 Å². The molecule has 1 fully saturated rings. The van der Waals surface area contributed by atoms with E-state index in [-0.39, 0.29) is 5.91 Å². The number of hydrogen-bond donors (Lipinski definition) is 0. The van der Waals surface area contributed by atoms with Crippen molar-refractivity contribution < 1.29 is 9.32 Å². The SMILES string of the molecule is CCN(CC)C(=O)CN1CCN(Cc2c(C)noc2C)CC1. The van der Waals surface area contributed by atoms with Crippen molar-refractivity contribution in [2.24, 2.45) is 0 Å². The van der Waals surface area contributed by atoms with Crippen molar-refractivity contribution in [2.45, 2.75) is 34.2 Å². The molecule has 0 N–H and O–H groups in total. The normalized spacial score (nSPS) is 16.9. The van der Waals surface area contributed by atoms with Crippen LogP contribution in [0.1, 0.15) is 30.9 Å². The van der Waals surface area contributed by atoms with E-state index in [9.17, 15) is 4.79 Å². The van der Waals surface area contributed by atoms with Crippen molar-refractivity contribution in [3.8, 4) is 0 Å². The third-order valence-electron chi connectivity index (χ3n) is 4.50. The quantitative estimate of drug-likeness (QED) is 0.792. The Morgan fingerprint density at radius 2 is 1.73 bits per heavy atom. The molecule has 1 aromatic rings. The highest BCUT2D eigenvalue weighted by Crippen LogP contribution is 2.16. The lowest BCUT2D eigenvalue weighted by atomic mass is 10.2. The number of amides is 1. The second-order valence-electron chi connectivity index (χ2n) is 5.92. The first-order chi connectivity index (χ1) is 10.5. The summed E-state index contributed by atoms with van der Waals surface area (Å²) < 4.78 is 5.22. The van der Waals surface area contributed by atoms with Gasteiger partial charge >= 0.3 is 0 Å². The Bertz CT molecular complexity index is 469. The molecular formula is C16H28N4O2. The second-order valence-corrected chi connectivity index (χ2v) is 5.92. The van der Waals surface area contributed by atoms with Crippen LogP contribution >= 0.6 is 0 Å². The standard InChI is InChI=1S/C16H28N4O2/c1-5-20(6-2)16(21)12-19-9-7-18(8-10-19)11-15-13(3)17-22-14(15)4/h5-12H2,1-4H3. The van der Waals surface area contributed by atoms with Crippen molar-refractivity contribution in [2.75, 3.05) is 45.8 Å². The van der Waals surface area contributed by atoms with Gasteiger partial charge in [-0.25, -0.2) is 0 Å². The van der Waals surface area contributed by atoms with E-state index in [1.165, 1.54) is 5.56 Å². The lowest BCUT2D eigenvalue weighted by Crippen LogP contribution is -2.49. The van der Waals surface area contributed by atoms with E-state index in [1.807, 2.05) is 32.6 Å². The lowest BCUT2D eigenvalue weighted by molar-refractivity contribution is -0.132. The molecule has 1 saturated heterocycles. The molecule has 2 rings (SSSR count). The Balaban J connectivity index is 1.80. The summed E-state index contributed by atoms with van der Waals surface area (Å²) in [5.74, 6) is 1.15. The molecule has 0 bridgehead atoms. The van der Waals surface area contributed by atoms with Gasteiger partial charge in [0.25, 0.3) is 0 Å². The van der Waals surface area contributed by atoms with E-state index in [4.69, 9.17) is 4.52 Å². The van der Waals surface area contributed by atoms with Crippen molar-refractivity contribution in [3.63, 3.8) is 0 Å². The fourth-order valence-electron chi connectivity index (χ4n) is 2.92. The summed E-state index contributed by atoms with van der Waals surface area (Å²) in [6, 6.07) is 0. The van der Waals surface area contributed by atoms with Gasteiger partial charge in [-0.2, -0.15) is 0 Å². The predicted octanol–water partition coefficient (Wildman–Crippen LogP) is 1.28. The molecule has 1 amide bonds. The second kappa shape index (κ2) is 7.74. The Labute approximate surface area is 133 Å². The summed E-state index contributed by atoms with van der Waals surface area (Å²) in [4.78, 5) is 18.7. The zero-order chi connectivity index (χ0) is 16.1. The third-order valence-corrected chi connectivity index (χ3v) is 4.50. The van der Waals surface area contributed by atoms with Crippen molar-refractivity contribution in [1.29, 1.82) is 0 Å². The van der Waals surface area contributed by atoms with Crippen LogP contribution in [0.4, 0.5) is 0 Å². The van der Waals surface area contributed by atoms with Crippen molar-refractivity contribution in [1.82, 2.24) is 19.9 Å². The number of likely N-dealkylation sites (N-methyl/N-ethyl adjacent to an activating group) is 1. The average Bonchev–Trinajstić information content (AvgIpc) is 2.82. The highest BCUT2D eigenvalue weighted by molar-refractivity contribution is 5.78. The van der Waals surface area contributed by atoms with Gasteiger partial charge in [0, 0.05) is 51.4 Å². The molecule has 0 saturated carbocycles. The molecule has 0 aliphatic carbocycles. The largest absolute Gasteiger partial charge is 0.361 e. The van der Waals surface area contributed by atoms with E-state index in [0.29, 0.717) is 6.54 Å². The average molecular weight is 308 g/mol. The van der Waals surface area contributed by atoms with Gasteiger partial charge in [0.05, 0.1) is 12.2 Å². The number of carbonyl (C=O) groups is 1. The first-order valence-corrected chi connectivity index (χ1v) is 8.19. The highest BCUT2D eigenvalue weighted by Gasteiger charge is 2.22. The Morgan fingerprint density at radius 3 is 2.23 bits per heavy atom. The van der Waals surface area contributed by atoms with Gasteiger partial charge in [-0.05, 0) is 27.7 Å². The van der Waals surface area contributed by atoms with Crippen LogP contribution in [0.15, 0.2) is 4.52 Å². The van der Waals surface area contributed by atoms with Crippen LogP contribution in [0.2, 0.25) is 0 Å². The van der Waals surface area contributed by atoms with Crippen LogP contribution in [0.5, 0.6) is 0 Å². The van der Waals surface area contributed by atoms with Crippen LogP contribution < -0.4 is 0 Å². The van der Waals surface area contributed by atoms with Gasteiger partial charge < -0.3 is 9.42 Å². The minimum absolute atomic E-state index is 0.240. The van der Waals surface area contributed by atoms with Crippen molar-refractivity contribution >= 4 is 5.91 Å². The first kappa shape index (κ1) is 17.0. The molecule has 1 aliphatic heterocycles. The van der Waals surface area contributed by atoms with E-state index in [2.05, 4.69) is 15.0 Å². The van der Waals surface area contributed by atoms with Gasteiger partial charge in [-0.15, -0.1) is 0 Å². The maximum Gasteiger partial charge on any atom is 0.236 e. The number of nitrogens with zero attached hydrogens (tertiary/aromatic N) is 4. The minimum atomic E-state index is 0.240. The predicted molar refractivity (Wildman–Crippen MR) is 85.6 cm³/mol. The number of carbonyl (C=O) groups excluding carboxylic acids is 1. The summed E-state index contributed by atoms with van der Waals surface area (Å²) >= 11 is 0. The van der Waals surface area contributed by atoms with E-state index in [1.54, 1.807) is 0 Å². The summed E-state index contributed by atoms with van der Waals surface area (Å²) in [5.41, 5.74) is 2.18. The molecule has 6 nitrogen and oxygen atoms in total. The molecular weight excluding hydrogens is 280 g/mol. The van der Waals surface area contributed by atoms with Gasteiger partial charge in [-0.1, -0.05) is 5.16 Å². The summed E-state index contributed by atoms with van der Waals surface area (Å²) in [6.45, 7) is 14.9. The van der Waals surface area contributed by atoms with Crippen LogP contribution in [-0.2, 0) is 11.3 Å². The van der Waals surface area contributed by atoms with E-state index in [0.717, 1.165) is 57.3 Å².